The number of benzene rings is 2. The van der Waals surface area contributed by atoms with Crippen LogP contribution in [0.4, 0.5) is 0 Å². The maximum absolute atomic E-state index is 11.1. The molecule has 0 atom stereocenters. The fourth-order valence-electron chi connectivity index (χ4n) is 1.52. The summed E-state index contributed by atoms with van der Waals surface area (Å²) in [6, 6.07) is 12.8. The summed E-state index contributed by atoms with van der Waals surface area (Å²) >= 11 is 5.75. The summed E-state index contributed by atoms with van der Waals surface area (Å²) in [6.07, 6.45) is 0. The van der Waals surface area contributed by atoms with Gasteiger partial charge >= 0.3 is 5.97 Å². The molecule has 0 amide bonds. The zero-order valence-electron chi connectivity index (χ0n) is 9.63. The summed E-state index contributed by atoms with van der Waals surface area (Å²) in [6.45, 7) is 0. The van der Waals surface area contributed by atoms with Gasteiger partial charge in [-0.1, -0.05) is 23.7 Å². The predicted molar refractivity (Wildman–Crippen MR) is 69.6 cm³/mol. The Balaban J connectivity index is 2.44. The normalized spacial score (nSPS) is 9.68. The maximum atomic E-state index is 11.1. The van der Waals surface area contributed by atoms with Crippen LogP contribution < -0.4 is 4.74 Å². The lowest BCUT2D eigenvalue weighted by molar-refractivity contribution is 0.0694. The third-order valence-electron chi connectivity index (χ3n) is 2.40. The van der Waals surface area contributed by atoms with E-state index >= 15 is 0 Å². The molecule has 0 saturated heterocycles. The molecule has 0 heterocycles. The Hall–Kier alpha value is -2.51. The first-order chi connectivity index (χ1) is 9.11. The lowest BCUT2D eigenvalue weighted by Crippen LogP contribution is -2.00. The van der Waals surface area contributed by atoms with Crippen LogP contribution in [0.15, 0.2) is 42.5 Å². The number of aromatic carboxylic acids is 1. The van der Waals surface area contributed by atoms with E-state index in [2.05, 4.69) is 0 Å². The molecule has 4 nitrogen and oxygen atoms in total. The van der Waals surface area contributed by atoms with Gasteiger partial charge < -0.3 is 9.84 Å². The molecule has 1 N–H and O–H groups in total. The fourth-order valence-corrected chi connectivity index (χ4v) is 1.70. The van der Waals surface area contributed by atoms with E-state index in [1.165, 1.54) is 18.2 Å². The number of carbonyl (C=O) groups is 1. The van der Waals surface area contributed by atoms with Crippen LogP contribution in [-0.2, 0) is 0 Å². The van der Waals surface area contributed by atoms with Gasteiger partial charge in [0.1, 0.15) is 23.1 Å². The number of hydrogen-bond donors (Lipinski definition) is 1. The average molecular weight is 274 g/mol. The molecule has 0 aliphatic heterocycles. The standard InChI is InChI=1S/C14H8ClNO3/c15-10-5-6-13(11(7-10)14(17)18)19-12-4-2-1-3-9(12)8-16/h1-7H,(H,17,18). The molecule has 5 heteroatoms. The molecule has 0 radical (unpaired) electrons. The number of nitriles is 1. The van der Waals surface area contributed by atoms with E-state index in [9.17, 15) is 4.79 Å². The molecule has 0 fully saturated rings. The van der Waals surface area contributed by atoms with Gasteiger partial charge in [-0.15, -0.1) is 0 Å². The third kappa shape index (κ3) is 2.84. The fraction of sp³-hybridized carbons (Fsp3) is 0. The molecule has 2 aromatic carbocycles. The van der Waals surface area contributed by atoms with Crippen molar-refractivity contribution < 1.29 is 14.6 Å². The number of carboxylic acid groups (broad SMARTS) is 1. The van der Waals surface area contributed by atoms with Crippen molar-refractivity contribution in [1.29, 1.82) is 5.26 Å². The molecular weight excluding hydrogens is 266 g/mol. The number of ether oxygens (including phenoxy) is 1. The van der Waals surface area contributed by atoms with Gasteiger partial charge in [-0.05, 0) is 30.3 Å². The Morgan fingerprint density at radius 3 is 2.63 bits per heavy atom. The molecule has 0 aromatic heterocycles. The summed E-state index contributed by atoms with van der Waals surface area (Å²) in [7, 11) is 0. The van der Waals surface area contributed by atoms with E-state index in [1.54, 1.807) is 24.3 Å². The van der Waals surface area contributed by atoms with Crippen LogP contribution in [0.5, 0.6) is 11.5 Å². The monoisotopic (exact) mass is 273 g/mol. The van der Waals surface area contributed by atoms with Gasteiger partial charge in [-0.25, -0.2) is 4.79 Å². The minimum absolute atomic E-state index is 0.0553. The van der Waals surface area contributed by atoms with Gasteiger partial charge in [0.15, 0.2) is 0 Å². The van der Waals surface area contributed by atoms with E-state index in [0.717, 1.165) is 0 Å². The highest BCUT2D eigenvalue weighted by atomic mass is 35.5. The second-order valence-corrected chi connectivity index (χ2v) is 4.09. The summed E-state index contributed by atoms with van der Waals surface area (Å²) in [5, 5.41) is 18.3. The maximum Gasteiger partial charge on any atom is 0.339 e. The number of rotatable bonds is 3. The first kappa shape index (κ1) is 12.9. The van der Waals surface area contributed by atoms with E-state index < -0.39 is 5.97 Å². The van der Waals surface area contributed by atoms with Crippen molar-refractivity contribution in [2.45, 2.75) is 0 Å². The van der Waals surface area contributed by atoms with Crippen molar-refractivity contribution in [3.63, 3.8) is 0 Å². The summed E-state index contributed by atoms with van der Waals surface area (Å²) in [5.74, 6) is -0.707. The van der Waals surface area contributed by atoms with Gasteiger partial charge in [0, 0.05) is 5.02 Å². The van der Waals surface area contributed by atoms with E-state index in [-0.39, 0.29) is 11.3 Å². The summed E-state index contributed by atoms with van der Waals surface area (Å²) in [4.78, 5) is 11.1. The van der Waals surface area contributed by atoms with Crippen molar-refractivity contribution in [3.8, 4) is 17.6 Å². The number of nitrogens with zero attached hydrogens (tertiary/aromatic N) is 1. The summed E-state index contributed by atoms with van der Waals surface area (Å²) < 4.78 is 5.49. The highest BCUT2D eigenvalue weighted by Crippen LogP contribution is 2.29. The van der Waals surface area contributed by atoms with E-state index in [1.807, 2.05) is 6.07 Å². The highest BCUT2D eigenvalue weighted by Gasteiger charge is 2.14. The van der Waals surface area contributed by atoms with Crippen LogP contribution in [0.3, 0.4) is 0 Å². The molecule has 0 aliphatic carbocycles. The van der Waals surface area contributed by atoms with Gasteiger partial charge in [-0.2, -0.15) is 5.26 Å². The van der Waals surface area contributed by atoms with Crippen molar-refractivity contribution in [2.75, 3.05) is 0 Å². The first-order valence-electron chi connectivity index (χ1n) is 5.31. The van der Waals surface area contributed by atoms with Gasteiger partial charge in [0.25, 0.3) is 0 Å². The van der Waals surface area contributed by atoms with E-state index in [4.69, 9.17) is 26.7 Å². The van der Waals surface area contributed by atoms with E-state index in [0.29, 0.717) is 16.3 Å². The minimum Gasteiger partial charge on any atom is -0.478 e. The van der Waals surface area contributed by atoms with Crippen molar-refractivity contribution in [3.05, 3.63) is 58.6 Å². The molecule has 2 rings (SSSR count). The molecule has 0 spiro atoms. The smallest absolute Gasteiger partial charge is 0.339 e. The van der Waals surface area contributed by atoms with Crippen LogP contribution in [0.2, 0.25) is 5.02 Å². The SMILES string of the molecule is N#Cc1ccccc1Oc1ccc(Cl)cc1C(=O)O. The molecular formula is C14H8ClNO3. The largest absolute Gasteiger partial charge is 0.478 e. The van der Waals surface area contributed by atoms with Gasteiger partial charge in [0.05, 0.1) is 5.56 Å². The zero-order chi connectivity index (χ0) is 13.8. The number of para-hydroxylation sites is 1. The van der Waals surface area contributed by atoms with Crippen LogP contribution in [0.25, 0.3) is 0 Å². The third-order valence-corrected chi connectivity index (χ3v) is 2.63. The Morgan fingerprint density at radius 2 is 1.95 bits per heavy atom. The number of carboxylic acids is 1. The van der Waals surface area contributed by atoms with Crippen molar-refractivity contribution >= 4 is 17.6 Å². The Bertz CT molecular complexity index is 677. The minimum atomic E-state index is -1.15. The number of hydrogen-bond acceptors (Lipinski definition) is 3. The van der Waals surface area contributed by atoms with Gasteiger partial charge in [-0.3, -0.25) is 0 Å². The van der Waals surface area contributed by atoms with Crippen LogP contribution in [0.1, 0.15) is 15.9 Å². The van der Waals surface area contributed by atoms with Crippen molar-refractivity contribution in [2.24, 2.45) is 0 Å². The molecule has 0 aliphatic rings. The Labute approximate surface area is 114 Å². The van der Waals surface area contributed by atoms with Crippen LogP contribution in [-0.4, -0.2) is 11.1 Å². The number of halogens is 1. The molecule has 0 saturated carbocycles. The van der Waals surface area contributed by atoms with Crippen LogP contribution >= 0.6 is 11.6 Å². The van der Waals surface area contributed by atoms with Crippen molar-refractivity contribution in [1.82, 2.24) is 0 Å². The lowest BCUT2D eigenvalue weighted by atomic mass is 10.2. The predicted octanol–water partition coefficient (Wildman–Crippen LogP) is 3.70. The molecule has 94 valence electrons. The topological polar surface area (TPSA) is 70.3 Å². The molecule has 2 aromatic rings. The lowest BCUT2D eigenvalue weighted by Gasteiger charge is -2.10. The van der Waals surface area contributed by atoms with Crippen LogP contribution in [0, 0.1) is 11.3 Å². The Morgan fingerprint density at radius 1 is 1.21 bits per heavy atom. The molecule has 0 unspecified atom stereocenters. The second-order valence-electron chi connectivity index (χ2n) is 3.66. The summed E-state index contributed by atoms with van der Waals surface area (Å²) in [5.41, 5.74) is 0.272. The Kier molecular flexibility index (Phi) is 3.69. The second kappa shape index (κ2) is 5.42. The molecule has 0 bridgehead atoms. The van der Waals surface area contributed by atoms with Gasteiger partial charge in [0.2, 0.25) is 0 Å². The first-order valence-corrected chi connectivity index (χ1v) is 5.69. The quantitative estimate of drug-likeness (QED) is 0.925. The average Bonchev–Trinajstić information content (AvgIpc) is 2.41. The highest BCUT2D eigenvalue weighted by molar-refractivity contribution is 6.31. The zero-order valence-corrected chi connectivity index (χ0v) is 10.4. The molecule has 19 heavy (non-hydrogen) atoms.